The third kappa shape index (κ3) is 3.21. The number of hydrogen-bond acceptors (Lipinski definition) is 5. The summed E-state index contributed by atoms with van der Waals surface area (Å²) in [4.78, 5) is 17.6. The Kier molecular flexibility index (Phi) is 4.34. The first kappa shape index (κ1) is 15.9. The zero-order chi connectivity index (χ0) is 16.6. The number of hydrogen-bond donors (Lipinski definition) is 1. The van der Waals surface area contributed by atoms with Crippen molar-refractivity contribution in [2.24, 2.45) is 0 Å². The van der Waals surface area contributed by atoms with Gasteiger partial charge in [0.25, 0.3) is 5.17 Å². The van der Waals surface area contributed by atoms with Gasteiger partial charge in [-0.2, -0.15) is 0 Å². The van der Waals surface area contributed by atoms with E-state index in [1.54, 1.807) is 30.3 Å². The van der Waals surface area contributed by atoms with Crippen molar-refractivity contribution in [3.05, 3.63) is 57.5 Å². The van der Waals surface area contributed by atoms with Gasteiger partial charge in [-0.1, -0.05) is 17.7 Å². The molecule has 1 amide bonds. The standard InChI is InChI=1S/C15H8BrClN2O3S/c16-10-5-8(1-3-11(10)20)6-12-14(21)19(15(23)22-12)9-2-4-13(17)18-7-9/h1-7,20H/b12-6+. The maximum atomic E-state index is 12.5. The van der Waals surface area contributed by atoms with Crippen LogP contribution >= 0.6 is 39.7 Å². The zero-order valence-corrected chi connectivity index (χ0v) is 14.5. The molecule has 1 fully saturated rings. The fraction of sp³-hybridized carbons (Fsp3) is 0. The Balaban J connectivity index is 1.92. The molecule has 0 saturated carbocycles. The van der Waals surface area contributed by atoms with Gasteiger partial charge < -0.3 is 9.84 Å². The van der Waals surface area contributed by atoms with E-state index in [4.69, 9.17) is 28.6 Å². The molecule has 5 nitrogen and oxygen atoms in total. The fourth-order valence-electron chi connectivity index (χ4n) is 1.95. The Morgan fingerprint density at radius 1 is 1.35 bits per heavy atom. The van der Waals surface area contributed by atoms with Gasteiger partial charge in [0, 0.05) is 0 Å². The van der Waals surface area contributed by atoms with Crippen molar-refractivity contribution in [2.45, 2.75) is 0 Å². The van der Waals surface area contributed by atoms with E-state index in [2.05, 4.69) is 20.9 Å². The lowest BCUT2D eigenvalue weighted by molar-refractivity contribution is -0.114. The number of pyridine rings is 1. The molecule has 0 bridgehead atoms. The van der Waals surface area contributed by atoms with Crippen LogP contribution in [-0.4, -0.2) is 21.2 Å². The van der Waals surface area contributed by atoms with Crippen molar-refractivity contribution in [1.82, 2.24) is 4.98 Å². The maximum absolute atomic E-state index is 12.5. The number of phenolic OH excluding ortho intramolecular Hbond substituents is 1. The van der Waals surface area contributed by atoms with Crippen LogP contribution in [0, 0.1) is 0 Å². The normalized spacial score (nSPS) is 16.1. The first-order chi connectivity index (χ1) is 11.0. The van der Waals surface area contributed by atoms with Gasteiger partial charge in [-0.15, -0.1) is 0 Å². The molecular weight excluding hydrogens is 404 g/mol. The van der Waals surface area contributed by atoms with E-state index in [1.165, 1.54) is 17.2 Å². The van der Waals surface area contributed by atoms with Crippen LogP contribution in [0.2, 0.25) is 5.15 Å². The number of carbonyl (C=O) groups is 1. The molecule has 3 rings (SSSR count). The Morgan fingerprint density at radius 3 is 2.78 bits per heavy atom. The molecule has 1 saturated heterocycles. The van der Waals surface area contributed by atoms with Crippen LogP contribution in [0.4, 0.5) is 5.69 Å². The second-order valence-electron chi connectivity index (χ2n) is 4.57. The van der Waals surface area contributed by atoms with Gasteiger partial charge >= 0.3 is 5.91 Å². The van der Waals surface area contributed by atoms with Gasteiger partial charge in [0.2, 0.25) is 0 Å². The predicted molar refractivity (Wildman–Crippen MR) is 94.2 cm³/mol. The summed E-state index contributed by atoms with van der Waals surface area (Å²) in [5.74, 6) is -0.207. The number of halogens is 2. The maximum Gasteiger partial charge on any atom is 0.301 e. The summed E-state index contributed by atoms with van der Waals surface area (Å²) in [7, 11) is 0. The van der Waals surface area contributed by atoms with Gasteiger partial charge in [0.1, 0.15) is 10.9 Å². The SMILES string of the molecule is O=C1/C(=C\c2ccc(O)c(Br)c2)OC(=S)N1c1ccc(Cl)nc1. The molecule has 0 aliphatic carbocycles. The molecule has 8 heteroatoms. The van der Waals surface area contributed by atoms with Crippen LogP contribution in [-0.2, 0) is 9.53 Å². The van der Waals surface area contributed by atoms with Gasteiger partial charge in [-0.3, -0.25) is 4.79 Å². The van der Waals surface area contributed by atoms with Crippen molar-refractivity contribution >= 4 is 62.6 Å². The molecule has 0 atom stereocenters. The topological polar surface area (TPSA) is 62.7 Å². The van der Waals surface area contributed by atoms with Crippen LogP contribution in [0.15, 0.2) is 46.8 Å². The minimum absolute atomic E-state index is 0.0169. The number of thiocarbonyl (C=S) groups is 1. The Hall–Kier alpha value is -1.96. The number of anilines is 1. The van der Waals surface area contributed by atoms with Crippen LogP contribution in [0.5, 0.6) is 5.75 Å². The predicted octanol–water partition coefficient (Wildman–Crippen LogP) is 3.89. The highest BCUT2D eigenvalue weighted by Gasteiger charge is 2.34. The van der Waals surface area contributed by atoms with E-state index in [9.17, 15) is 9.90 Å². The van der Waals surface area contributed by atoms with Crippen LogP contribution in [0.25, 0.3) is 6.08 Å². The summed E-state index contributed by atoms with van der Waals surface area (Å²) in [6.07, 6.45) is 2.98. The van der Waals surface area contributed by atoms with E-state index in [0.29, 0.717) is 20.9 Å². The summed E-state index contributed by atoms with van der Waals surface area (Å²) in [6.45, 7) is 0. The Morgan fingerprint density at radius 2 is 2.13 bits per heavy atom. The first-order valence-electron chi connectivity index (χ1n) is 6.34. The minimum Gasteiger partial charge on any atom is -0.507 e. The molecule has 1 aromatic heterocycles. The van der Waals surface area contributed by atoms with E-state index >= 15 is 0 Å². The highest BCUT2D eigenvalue weighted by Crippen LogP contribution is 2.29. The number of carbonyl (C=O) groups excluding carboxylic acids is 1. The summed E-state index contributed by atoms with van der Waals surface area (Å²) in [6, 6.07) is 8.01. The molecule has 1 aromatic carbocycles. The summed E-state index contributed by atoms with van der Waals surface area (Å²) >= 11 is 14.1. The van der Waals surface area contributed by atoms with E-state index in [-0.39, 0.29) is 16.7 Å². The fourth-order valence-corrected chi connectivity index (χ4v) is 2.74. The lowest BCUT2D eigenvalue weighted by Crippen LogP contribution is -2.28. The Bertz CT molecular complexity index is 839. The molecular formula is C15H8BrClN2O3S. The summed E-state index contributed by atoms with van der Waals surface area (Å²) < 4.78 is 5.89. The number of phenols is 1. The number of ether oxygens (including phenoxy) is 1. The largest absolute Gasteiger partial charge is 0.507 e. The van der Waals surface area contributed by atoms with Crippen LogP contribution in [0.3, 0.4) is 0 Å². The number of rotatable bonds is 2. The number of aromatic nitrogens is 1. The van der Waals surface area contributed by atoms with Gasteiger partial charge in [-0.05, 0) is 64.1 Å². The van der Waals surface area contributed by atoms with Crippen molar-refractivity contribution in [3.8, 4) is 5.75 Å². The van der Waals surface area contributed by atoms with Crippen molar-refractivity contribution in [2.75, 3.05) is 4.90 Å². The molecule has 1 aliphatic rings. The van der Waals surface area contributed by atoms with E-state index < -0.39 is 5.91 Å². The van der Waals surface area contributed by atoms with Gasteiger partial charge in [0.05, 0.1) is 16.4 Å². The Labute approximate surface area is 150 Å². The number of nitrogens with zero attached hydrogens (tertiary/aromatic N) is 2. The van der Waals surface area contributed by atoms with Crippen molar-refractivity contribution in [1.29, 1.82) is 0 Å². The number of amides is 1. The lowest BCUT2D eigenvalue weighted by Gasteiger charge is -2.11. The minimum atomic E-state index is -0.400. The second-order valence-corrected chi connectivity index (χ2v) is 6.16. The average Bonchev–Trinajstić information content (AvgIpc) is 2.79. The van der Waals surface area contributed by atoms with E-state index in [0.717, 1.165) is 0 Å². The van der Waals surface area contributed by atoms with Crippen LogP contribution < -0.4 is 4.90 Å². The average molecular weight is 412 g/mol. The van der Waals surface area contributed by atoms with Gasteiger partial charge in [0.15, 0.2) is 5.76 Å². The first-order valence-corrected chi connectivity index (χ1v) is 7.91. The molecule has 2 aromatic rings. The third-order valence-electron chi connectivity index (χ3n) is 3.03. The molecule has 0 spiro atoms. The highest BCUT2D eigenvalue weighted by molar-refractivity contribution is 9.10. The smallest absolute Gasteiger partial charge is 0.301 e. The van der Waals surface area contributed by atoms with Crippen molar-refractivity contribution in [3.63, 3.8) is 0 Å². The monoisotopic (exact) mass is 410 g/mol. The zero-order valence-electron chi connectivity index (χ0n) is 11.4. The molecule has 23 heavy (non-hydrogen) atoms. The second kappa shape index (κ2) is 6.27. The summed E-state index contributed by atoms with van der Waals surface area (Å²) in [5.41, 5.74) is 1.15. The third-order valence-corrected chi connectivity index (χ3v) is 4.16. The quantitative estimate of drug-likeness (QED) is 0.461. The number of aromatic hydroxyl groups is 1. The molecule has 116 valence electrons. The van der Waals surface area contributed by atoms with E-state index in [1.807, 2.05) is 0 Å². The molecule has 2 heterocycles. The molecule has 0 radical (unpaired) electrons. The lowest BCUT2D eigenvalue weighted by atomic mass is 10.2. The number of benzene rings is 1. The molecule has 0 unspecified atom stereocenters. The summed E-state index contributed by atoms with van der Waals surface area (Å²) in [5, 5.41) is 9.83. The highest BCUT2D eigenvalue weighted by atomic mass is 79.9. The molecule has 1 N–H and O–H groups in total. The van der Waals surface area contributed by atoms with Crippen molar-refractivity contribution < 1.29 is 14.6 Å². The van der Waals surface area contributed by atoms with Crippen LogP contribution in [0.1, 0.15) is 5.56 Å². The molecule has 1 aliphatic heterocycles. The van der Waals surface area contributed by atoms with Gasteiger partial charge in [-0.25, -0.2) is 9.88 Å².